The van der Waals surface area contributed by atoms with Crippen molar-refractivity contribution in [3.05, 3.63) is 15.6 Å². The average molecular weight is 185 g/mol. The van der Waals surface area contributed by atoms with Gasteiger partial charge in [0.2, 0.25) is 0 Å². The highest BCUT2D eigenvalue weighted by Gasteiger charge is 2.02. The Morgan fingerprint density at radius 2 is 2.08 bits per heavy atom. The molecule has 0 bridgehead atoms. The summed E-state index contributed by atoms with van der Waals surface area (Å²) in [6.45, 7) is 4.44. The predicted octanol–water partition coefficient (Wildman–Crippen LogP) is 2.07. The fourth-order valence-electron chi connectivity index (χ4n) is 1.03. The molecule has 1 aromatic heterocycles. The number of unbranched alkanes of at least 4 members (excludes halogenated alkanes) is 1. The molecule has 0 aromatic carbocycles. The smallest absolute Gasteiger partial charge is 0.0930 e. The van der Waals surface area contributed by atoms with Gasteiger partial charge in [0, 0.05) is 11.5 Å². The summed E-state index contributed by atoms with van der Waals surface area (Å²) in [5.74, 6) is 0. The molecule has 0 unspecified atom stereocenters. The van der Waals surface area contributed by atoms with Crippen molar-refractivity contribution in [2.75, 3.05) is 6.61 Å². The molecule has 0 amide bonds. The van der Waals surface area contributed by atoms with Gasteiger partial charge in [-0.25, -0.2) is 4.98 Å². The molecule has 0 atom stereocenters. The van der Waals surface area contributed by atoms with Crippen molar-refractivity contribution >= 4 is 11.3 Å². The molecule has 1 rings (SSSR count). The molecule has 0 saturated carbocycles. The third kappa shape index (κ3) is 2.57. The van der Waals surface area contributed by atoms with Gasteiger partial charge in [-0.1, -0.05) is 0 Å². The van der Waals surface area contributed by atoms with E-state index in [0.717, 1.165) is 25.0 Å². The number of hydrogen-bond donors (Lipinski definition) is 1. The number of aliphatic hydroxyl groups is 1. The lowest BCUT2D eigenvalue weighted by Crippen LogP contribution is -1.87. The Labute approximate surface area is 77.3 Å². The second kappa shape index (κ2) is 4.58. The maximum Gasteiger partial charge on any atom is 0.0930 e. The van der Waals surface area contributed by atoms with E-state index in [-0.39, 0.29) is 0 Å². The number of aryl methyl sites for hydroxylation is 3. The largest absolute Gasteiger partial charge is 0.396 e. The van der Waals surface area contributed by atoms with E-state index in [4.69, 9.17) is 5.11 Å². The molecule has 0 spiro atoms. The van der Waals surface area contributed by atoms with Crippen molar-refractivity contribution in [1.82, 2.24) is 4.98 Å². The molecule has 2 nitrogen and oxygen atoms in total. The van der Waals surface area contributed by atoms with E-state index in [1.165, 1.54) is 9.88 Å². The van der Waals surface area contributed by atoms with Crippen LogP contribution in [0.2, 0.25) is 0 Å². The molecule has 0 fully saturated rings. The summed E-state index contributed by atoms with van der Waals surface area (Å²) in [6, 6.07) is 0. The summed E-state index contributed by atoms with van der Waals surface area (Å²) in [6.07, 6.45) is 2.94. The molecular weight excluding hydrogens is 170 g/mol. The SMILES string of the molecule is Cc1nc(CCCCO)sc1C. The quantitative estimate of drug-likeness (QED) is 0.728. The third-order valence-corrected chi connectivity index (χ3v) is 3.00. The van der Waals surface area contributed by atoms with Gasteiger partial charge in [0.1, 0.15) is 0 Å². The van der Waals surface area contributed by atoms with E-state index in [1.54, 1.807) is 11.3 Å². The maximum absolute atomic E-state index is 8.59. The summed E-state index contributed by atoms with van der Waals surface area (Å²) in [5.41, 5.74) is 1.15. The van der Waals surface area contributed by atoms with Crippen LogP contribution in [0.1, 0.15) is 28.4 Å². The molecule has 3 heteroatoms. The zero-order valence-corrected chi connectivity index (χ0v) is 8.45. The van der Waals surface area contributed by atoms with Gasteiger partial charge in [-0.3, -0.25) is 0 Å². The minimum Gasteiger partial charge on any atom is -0.396 e. The summed E-state index contributed by atoms with van der Waals surface area (Å²) >= 11 is 1.77. The summed E-state index contributed by atoms with van der Waals surface area (Å²) in [7, 11) is 0. The molecule has 0 saturated heterocycles. The first-order valence-corrected chi connectivity index (χ1v) is 5.09. The van der Waals surface area contributed by atoms with Gasteiger partial charge in [-0.15, -0.1) is 11.3 Å². The van der Waals surface area contributed by atoms with Crippen molar-refractivity contribution in [2.45, 2.75) is 33.1 Å². The lowest BCUT2D eigenvalue weighted by molar-refractivity contribution is 0.284. The number of nitrogens with zero attached hydrogens (tertiary/aromatic N) is 1. The van der Waals surface area contributed by atoms with E-state index >= 15 is 0 Å². The number of hydrogen-bond acceptors (Lipinski definition) is 3. The van der Waals surface area contributed by atoms with E-state index in [2.05, 4.69) is 11.9 Å². The molecule has 68 valence electrons. The highest BCUT2D eigenvalue weighted by molar-refractivity contribution is 7.11. The van der Waals surface area contributed by atoms with E-state index < -0.39 is 0 Å². The van der Waals surface area contributed by atoms with Crippen molar-refractivity contribution in [2.24, 2.45) is 0 Å². The van der Waals surface area contributed by atoms with Crippen LogP contribution >= 0.6 is 11.3 Å². The Hall–Kier alpha value is -0.410. The van der Waals surface area contributed by atoms with Crippen LogP contribution in [0.25, 0.3) is 0 Å². The average Bonchev–Trinajstić information content (AvgIpc) is 2.32. The van der Waals surface area contributed by atoms with Gasteiger partial charge >= 0.3 is 0 Å². The van der Waals surface area contributed by atoms with Crippen molar-refractivity contribution in [1.29, 1.82) is 0 Å². The zero-order chi connectivity index (χ0) is 8.97. The van der Waals surface area contributed by atoms with Crippen molar-refractivity contribution in [3.8, 4) is 0 Å². The van der Waals surface area contributed by atoms with Gasteiger partial charge < -0.3 is 5.11 Å². The van der Waals surface area contributed by atoms with Crippen LogP contribution in [0.5, 0.6) is 0 Å². The van der Waals surface area contributed by atoms with Gasteiger partial charge in [0.15, 0.2) is 0 Å². The lowest BCUT2D eigenvalue weighted by Gasteiger charge is -1.92. The van der Waals surface area contributed by atoms with E-state index in [0.29, 0.717) is 6.61 Å². The summed E-state index contributed by atoms with van der Waals surface area (Å²) in [4.78, 5) is 5.73. The molecular formula is C9H15NOS. The van der Waals surface area contributed by atoms with Crippen LogP contribution in [0.15, 0.2) is 0 Å². The second-order valence-electron chi connectivity index (χ2n) is 2.93. The maximum atomic E-state index is 8.59. The van der Waals surface area contributed by atoms with Gasteiger partial charge in [-0.05, 0) is 33.1 Å². The van der Waals surface area contributed by atoms with E-state index in [1.807, 2.05) is 6.92 Å². The van der Waals surface area contributed by atoms with Crippen molar-refractivity contribution in [3.63, 3.8) is 0 Å². The third-order valence-electron chi connectivity index (χ3n) is 1.87. The van der Waals surface area contributed by atoms with Crippen LogP contribution in [0.3, 0.4) is 0 Å². The standard InChI is InChI=1S/C9H15NOS/c1-7-8(2)12-9(10-7)5-3-4-6-11/h11H,3-6H2,1-2H3. The molecule has 0 aliphatic heterocycles. The van der Waals surface area contributed by atoms with Crippen LogP contribution in [0.4, 0.5) is 0 Å². The Morgan fingerprint density at radius 3 is 2.58 bits per heavy atom. The first-order chi connectivity index (χ1) is 5.74. The Morgan fingerprint density at radius 1 is 1.33 bits per heavy atom. The second-order valence-corrected chi connectivity index (χ2v) is 4.22. The number of aliphatic hydroxyl groups excluding tert-OH is 1. The molecule has 1 N–H and O–H groups in total. The Bertz CT molecular complexity index is 225. The zero-order valence-electron chi connectivity index (χ0n) is 7.63. The topological polar surface area (TPSA) is 33.1 Å². The first kappa shape index (κ1) is 9.68. The Kier molecular flexibility index (Phi) is 3.69. The molecule has 0 aliphatic rings. The summed E-state index contributed by atoms with van der Waals surface area (Å²) < 4.78 is 0. The predicted molar refractivity (Wildman–Crippen MR) is 51.6 cm³/mol. The monoisotopic (exact) mass is 185 g/mol. The van der Waals surface area contributed by atoms with Crippen LogP contribution < -0.4 is 0 Å². The highest BCUT2D eigenvalue weighted by atomic mass is 32.1. The highest BCUT2D eigenvalue weighted by Crippen LogP contribution is 2.17. The molecule has 12 heavy (non-hydrogen) atoms. The Balaban J connectivity index is 2.42. The number of aromatic nitrogens is 1. The lowest BCUT2D eigenvalue weighted by atomic mass is 10.2. The van der Waals surface area contributed by atoms with Crippen LogP contribution in [-0.4, -0.2) is 16.7 Å². The molecule has 1 aromatic rings. The van der Waals surface area contributed by atoms with Crippen molar-refractivity contribution < 1.29 is 5.11 Å². The minimum atomic E-state index is 0.295. The fourth-order valence-corrected chi connectivity index (χ4v) is 2.01. The molecule has 0 radical (unpaired) electrons. The number of thiazole rings is 1. The molecule has 1 heterocycles. The normalized spacial score (nSPS) is 10.6. The van der Waals surface area contributed by atoms with Gasteiger partial charge in [0.05, 0.1) is 10.7 Å². The van der Waals surface area contributed by atoms with E-state index in [9.17, 15) is 0 Å². The fraction of sp³-hybridized carbons (Fsp3) is 0.667. The first-order valence-electron chi connectivity index (χ1n) is 4.28. The number of rotatable bonds is 4. The molecule has 0 aliphatic carbocycles. The van der Waals surface area contributed by atoms with Gasteiger partial charge in [0.25, 0.3) is 0 Å². The summed E-state index contributed by atoms with van der Waals surface area (Å²) in [5, 5.41) is 9.79. The van der Waals surface area contributed by atoms with Gasteiger partial charge in [-0.2, -0.15) is 0 Å². The van der Waals surface area contributed by atoms with Crippen LogP contribution in [-0.2, 0) is 6.42 Å². The van der Waals surface area contributed by atoms with Crippen LogP contribution in [0, 0.1) is 13.8 Å². The minimum absolute atomic E-state index is 0.295.